The van der Waals surface area contributed by atoms with Crippen molar-refractivity contribution in [1.82, 2.24) is 10.4 Å². The third-order valence-corrected chi connectivity index (χ3v) is 3.77. The molecule has 0 saturated carbocycles. The Kier molecular flexibility index (Phi) is 6.44. The van der Waals surface area contributed by atoms with E-state index in [2.05, 4.69) is 15.5 Å². The van der Waals surface area contributed by atoms with E-state index in [9.17, 15) is 4.79 Å². The molecule has 0 aliphatic rings. The Hall–Kier alpha value is -2.34. The van der Waals surface area contributed by atoms with E-state index < -0.39 is 0 Å². The number of nitrogens with one attached hydrogen (secondary N) is 1. The summed E-state index contributed by atoms with van der Waals surface area (Å²) < 4.78 is 5.10. The van der Waals surface area contributed by atoms with Crippen LogP contribution < -0.4 is 10.2 Å². The van der Waals surface area contributed by atoms with Crippen LogP contribution in [0.15, 0.2) is 53.9 Å². The van der Waals surface area contributed by atoms with Gasteiger partial charge in [-0.15, -0.1) is 11.8 Å². The number of rotatable bonds is 7. The van der Waals surface area contributed by atoms with Crippen LogP contribution >= 0.6 is 11.8 Å². The van der Waals surface area contributed by atoms with Crippen LogP contribution in [0.1, 0.15) is 11.1 Å². The van der Waals surface area contributed by atoms with Crippen LogP contribution in [0, 0.1) is 0 Å². The number of amides is 1. The maximum atomic E-state index is 11.6. The van der Waals surface area contributed by atoms with Gasteiger partial charge in [-0.2, -0.15) is 5.10 Å². The molecule has 2 aromatic rings. The molecule has 0 bridgehead atoms. The minimum atomic E-state index is -0.121. The maximum Gasteiger partial charge on any atom is 0.250 e. The second-order valence-corrected chi connectivity index (χ2v) is 5.40. The number of pyridine rings is 1. The number of benzene rings is 1. The summed E-state index contributed by atoms with van der Waals surface area (Å²) in [6, 6.07) is 11.4. The Labute approximate surface area is 133 Å². The lowest BCUT2D eigenvalue weighted by molar-refractivity contribution is -0.118. The highest BCUT2D eigenvalue weighted by Gasteiger charge is 2.01. The molecule has 1 heterocycles. The van der Waals surface area contributed by atoms with Crippen molar-refractivity contribution in [3.05, 3.63) is 59.9 Å². The van der Waals surface area contributed by atoms with Crippen molar-refractivity contribution < 1.29 is 9.53 Å². The average molecular weight is 315 g/mol. The van der Waals surface area contributed by atoms with Crippen molar-refractivity contribution in [3.8, 4) is 5.75 Å². The van der Waals surface area contributed by atoms with E-state index in [1.54, 1.807) is 25.7 Å². The summed E-state index contributed by atoms with van der Waals surface area (Å²) in [6.07, 6.45) is 4.94. The van der Waals surface area contributed by atoms with Gasteiger partial charge in [0.25, 0.3) is 0 Å². The van der Waals surface area contributed by atoms with E-state index in [0.29, 0.717) is 5.75 Å². The third-order valence-electron chi connectivity index (χ3n) is 2.77. The molecular weight excluding hydrogens is 298 g/mol. The Bertz CT molecular complexity index is 615. The largest absolute Gasteiger partial charge is 0.497 e. The number of carbonyl (C=O) groups is 1. The van der Waals surface area contributed by atoms with Gasteiger partial charge >= 0.3 is 0 Å². The van der Waals surface area contributed by atoms with Gasteiger partial charge < -0.3 is 4.74 Å². The summed E-state index contributed by atoms with van der Waals surface area (Å²) in [6.45, 7) is 0. The predicted molar refractivity (Wildman–Crippen MR) is 89.1 cm³/mol. The monoisotopic (exact) mass is 315 g/mol. The average Bonchev–Trinajstić information content (AvgIpc) is 2.56. The van der Waals surface area contributed by atoms with Gasteiger partial charge in [0.05, 0.1) is 19.1 Å². The molecule has 0 aliphatic carbocycles. The van der Waals surface area contributed by atoms with Crippen LogP contribution in [-0.2, 0) is 10.5 Å². The zero-order valence-corrected chi connectivity index (χ0v) is 13.0. The van der Waals surface area contributed by atoms with Crippen molar-refractivity contribution in [3.63, 3.8) is 0 Å². The smallest absolute Gasteiger partial charge is 0.250 e. The molecule has 0 saturated heterocycles. The number of ether oxygens (including phenoxy) is 1. The summed E-state index contributed by atoms with van der Waals surface area (Å²) in [5.74, 6) is 1.84. The fourth-order valence-electron chi connectivity index (χ4n) is 1.64. The number of methoxy groups -OCH3 is 1. The molecule has 5 nitrogen and oxygen atoms in total. The van der Waals surface area contributed by atoms with Gasteiger partial charge in [-0.25, -0.2) is 5.43 Å². The second kappa shape index (κ2) is 8.84. The standard InChI is InChI=1S/C16H17N3O2S/c1-21-15-4-2-14(3-5-15)11-22-12-16(20)19-18-10-13-6-8-17-9-7-13/h2-10H,11-12H2,1H3,(H,19,20)/b18-10+. The van der Waals surface area contributed by atoms with E-state index in [4.69, 9.17) is 4.74 Å². The summed E-state index contributed by atoms with van der Waals surface area (Å²) >= 11 is 1.54. The number of aromatic nitrogens is 1. The fraction of sp³-hybridized carbons (Fsp3) is 0.188. The van der Waals surface area contributed by atoms with Crippen LogP contribution in [0.5, 0.6) is 5.75 Å². The SMILES string of the molecule is COc1ccc(CSCC(=O)N/N=C/c2ccncc2)cc1. The van der Waals surface area contributed by atoms with Crippen molar-refractivity contribution in [1.29, 1.82) is 0 Å². The molecule has 22 heavy (non-hydrogen) atoms. The molecule has 0 radical (unpaired) electrons. The highest BCUT2D eigenvalue weighted by atomic mass is 32.2. The van der Waals surface area contributed by atoms with Crippen LogP contribution in [0.4, 0.5) is 0 Å². The first kappa shape index (κ1) is 16.0. The Balaban J connectivity index is 1.68. The Morgan fingerprint density at radius 3 is 2.68 bits per heavy atom. The summed E-state index contributed by atoms with van der Waals surface area (Å²) in [5.41, 5.74) is 4.55. The summed E-state index contributed by atoms with van der Waals surface area (Å²) in [5, 5.41) is 3.91. The summed E-state index contributed by atoms with van der Waals surface area (Å²) in [4.78, 5) is 15.6. The van der Waals surface area contributed by atoms with Gasteiger partial charge in [-0.3, -0.25) is 9.78 Å². The first-order valence-corrected chi connectivity index (χ1v) is 7.86. The molecule has 0 atom stereocenters. The molecule has 2 rings (SSSR count). The lowest BCUT2D eigenvalue weighted by atomic mass is 10.2. The van der Waals surface area contributed by atoms with E-state index >= 15 is 0 Å². The molecule has 1 amide bonds. The topological polar surface area (TPSA) is 63.6 Å². The number of hydrazone groups is 1. The number of hydrogen-bond acceptors (Lipinski definition) is 5. The van der Waals surface area contributed by atoms with Gasteiger partial charge in [0.2, 0.25) is 5.91 Å². The molecule has 1 aromatic heterocycles. The molecule has 0 unspecified atom stereocenters. The van der Waals surface area contributed by atoms with Gasteiger partial charge in [0.1, 0.15) is 5.75 Å². The Morgan fingerprint density at radius 2 is 2.00 bits per heavy atom. The zero-order chi connectivity index (χ0) is 15.6. The van der Waals surface area contributed by atoms with Crippen molar-refractivity contribution in [2.24, 2.45) is 5.10 Å². The third kappa shape index (κ3) is 5.57. The van der Waals surface area contributed by atoms with E-state index in [-0.39, 0.29) is 5.91 Å². The lowest BCUT2D eigenvalue weighted by Gasteiger charge is -2.03. The van der Waals surface area contributed by atoms with Crippen molar-refractivity contribution >= 4 is 23.9 Å². The fourth-order valence-corrected chi connectivity index (χ4v) is 2.42. The zero-order valence-electron chi connectivity index (χ0n) is 12.2. The maximum absolute atomic E-state index is 11.6. The molecular formula is C16H17N3O2S. The molecule has 0 spiro atoms. The molecule has 1 N–H and O–H groups in total. The minimum Gasteiger partial charge on any atom is -0.497 e. The van der Waals surface area contributed by atoms with Crippen LogP contribution in [0.3, 0.4) is 0 Å². The highest BCUT2D eigenvalue weighted by molar-refractivity contribution is 7.99. The highest BCUT2D eigenvalue weighted by Crippen LogP contribution is 2.16. The van der Waals surface area contributed by atoms with Gasteiger partial charge in [0.15, 0.2) is 0 Å². The van der Waals surface area contributed by atoms with Crippen LogP contribution in [-0.4, -0.2) is 30.0 Å². The quantitative estimate of drug-likeness (QED) is 0.630. The van der Waals surface area contributed by atoms with Gasteiger partial charge in [-0.1, -0.05) is 12.1 Å². The molecule has 114 valence electrons. The van der Waals surface area contributed by atoms with Crippen molar-refractivity contribution in [2.75, 3.05) is 12.9 Å². The molecule has 0 fully saturated rings. The molecule has 0 aliphatic heterocycles. The van der Waals surface area contributed by atoms with E-state index in [0.717, 1.165) is 22.6 Å². The van der Waals surface area contributed by atoms with Crippen molar-refractivity contribution in [2.45, 2.75) is 5.75 Å². The predicted octanol–water partition coefficient (Wildman–Crippen LogP) is 2.47. The number of carbonyl (C=O) groups excluding carboxylic acids is 1. The molecule has 1 aromatic carbocycles. The Morgan fingerprint density at radius 1 is 1.27 bits per heavy atom. The lowest BCUT2D eigenvalue weighted by Crippen LogP contribution is -2.19. The van der Waals surface area contributed by atoms with Gasteiger partial charge in [-0.05, 0) is 35.4 Å². The van der Waals surface area contributed by atoms with Crippen LogP contribution in [0.2, 0.25) is 0 Å². The van der Waals surface area contributed by atoms with E-state index in [1.165, 1.54) is 11.8 Å². The first-order chi connectivity index (χ1) is 10.8. The number of nitrogens with zero attached hydrogens (tertiary/aromatic N) is 2. The molecule has 6 heteroatoms. The van der Waals surface area contributed by atoms with E-state index in [1.807, 2.05) is 36.4 Å². The summed E-state index contributed by atoms with van der Waals surface area (Å²) in [7, 11) is 1.64. The number of thioether (sulfide) groups is 1. The van der Waals surface area contributed by atoms with Gasteiger partial charge in [0, 0.05) is 18.1 Å². The second-order valence-electron chi connectivity index (χ2n) is 4.41. The normalized spacial score (nSPS) is 10.6. The number of hydrogen-bond donors (Lipinski definition) is 1. The first-order valence-electron chi connectivity index (χ1n) is 6.70. The minimum absolute atomic E-state index is 0.121. The van der Waals surface area contributed by atoms with Crippen LogP contribution in [0.25, 0.3) is 0 Å².